The van der Waals surface area contributed by atoms with E-state index in [2.05, 4.69) is 0 Å². The van der Waals surface area contributed by atoms with Crippen LogP contribution >= 0.6 is 0 Å². The van der Waals surface area contributed by atoms with Crippen LogP contribution in [0.25, 0.3) is 6.08 Å². The van der Waals surface area contributed by atoms with E-state index >= 15 is 0 Å². The first-order valence-corrected chi connectivity index (χ1v) is 6.68. The molecular weight excluding hydrogens is 252 g/mol. The minimum absolute atomic E-state index is 0.368. The zero-order chi connectivity index (χ0) is 14.4. The van der Waals surface area contributed by atoms with Gasteiger partial charge >= 0.3 is 0 Å². The van der Waals surface area contributed by atoms with Crippen LogP contribution < -0.4 is 0 Å². The number of likely N-dealkylation sites (tertiary alicyclic amines) is 1. The molecule has 20 heavy (non-hydrogen) atoms. The number of hydrogen-bond acceptors (Lipinski definition) is 3. The minimum atomic E-state index is -1.21. The van der Waals surface area contributed by atoms with Crippen molar-refractivity contribution in [2.45, 2.75) is 12.8 Å². The summed E-state index contributed by atoms with van der Waals surface area (Å²) in [4.78, 5) is 25.7. The number of carbonyl (C=O) groups excluding carboxylic acids is 2. The monoisotopic (exact) mass is 268 g/mol. The van der Waals surface area contributed by atoms with E-state index in [-0.39, 0.29) is 5.91 Å². The van der Waals surface area contributed by atoms with Gasteiger partial charge in [-0.1, -0.05) is 36.4 Å². The van der Waals surface area contributed by atoms with Crippen LogP contribution in [0.3, 0.4) is 0 Å². The van der Waals surface area contributed by atoms with Gasteiger partial charge in [-0.3, -0.25) is 9.59 Å². The Hall–Kier alpha value is -2.41. The maximum atomic E-state index is 12.1. The summed E-state index contributed by atoms with van der Waals surface area (Å²) in [6.07, 6.45) is 4.83. The molecule has 0 saturated carbocycles. The summed E-state index contributed by atoms with van der Waals surface area (Å²) in [5, 5.41) is 9.07. The van der Waals surface area contributed by atoms with Crippen molar-refractivity contribution in [3.05, 3.63) is 42.0 Å². The van der Waals surface area contributed by atoms with Crippen molar-refractivity contribution in [3.63, 3.8) is 0 Å². The number of nitrogens with zero attached hydrogens (tertiary/aromatic N) is 2. The van der Waals surface area contributed by atoms with Crippen molar-refractivity contribution >= 4 is 17.8 Å². The summed E-state index contributed by atoms with van der Waals surface area (Å²) in [5.74, 6) is -2.03. The van der Waals surface area contributed by atoms with Crippen LogP contribution in [0, 0.1) is 17.2 Å². The summed E-state index contributed by atoms with van der Waals surface area (Å²) in [6.45, 7) is 1.29. The molecule has 1 aliphatic rings. The molecule has 1 aromatic carbocycles. The number of benzene rings is 1. The largest absolute Gasteiger partial charge is 0.341 e. The van der Waals surface area contributed by atoms with Crippen LogP contribution in [0.1, 0.15) is 18.4 Å². The highest BCUT2D eigenvalue weighted by molar-refractivity contribution is 6.10. The summed E-state index contributed by atoms with van der Waals surface area (Å²) < 4.78 is 0. The van der Waals surface area contributed by atoms with Gasteiger partial charge in [0.1, 0.15) is 0 Å². The first-order chi connectivity index (χ1) is 9.72. The van der Waals surface area contributed by atoms with E-state index in [1.165, 1.54) is 6.08 Å². The van der Waals surface area contributed by atoms with Gasteiger partial charge in [0.2, 0.25) is 5.91 Å². The molecule has 1 heterocycles. The lowest BCUT2D eigenvalue weighted by atomic mass is 10.0. The highest BCUT2D eigenvalue weighted by Gasteiger charge is 2.30. The standard InChI is InChI=1S/C16H16N2O2/c17-12-14(16(20)18-10-4-5-11-18)15(19)9-8-13-6-2-1-3-7-13/h1-3,6-9,14H,4-5,10-11H2/b9-8-/t14-/m0/s1. The summed E-state index contributed by atoms with van der Waals surface area (Å²) in [7, 11) is 0. The zero-order valence-corrected chi connectivity index (χ0v) is 11.2. The average Bonchev–Trinajstić information content (AvgIpc) is 3.01. The molecule has 0 aromatic heterocycles. The number of ketones is 1. The number of hydrogen-bond donors (Lipinski definition) is 0. The van der Waals surface area contributed by atoms with E-state index < -0.39 is 11.7 Å². The molecule has 1 atom stereocenters. The summed E-state index contributed by atoms with van der Waals surface area (Å²) >= 11 is 0. The Labute approximate surface area is 118 Å². The van der Waals surface area contributed by atoms with E-state index in [1.54, 1.807) is 11.0 Å². The molecule has 0 N–H and O–H groups in total. The SMILES string of the molecule is N#C[C@@H](C(=O)/C=C\c1ccccc1)C(=O)N1CCCC1. The highest BCUT2D eigenvalue weighted by Crippen LogP contribution is 2.13. The second-order valence-electron chi connectivity index (χ2n) is 4.74. The number of rotatable bonds is 4. The van der Waals surface area contributed by atoms with Gasteiger partial charge in [-0.15, -0.1) is 0 Å². The molecule has 1 fully saturated rings. The first-order valence-electron chi connectivity index (χ1n) is 6.68. The van der Waals surface area contributed by atoms with Crippen LogP contribution in [-0.4, -0.2) is 29.7 Å². The van der Waals surface area contributed by atoms with Gasteiger partial charge < -0.3 is 4.90 Å². The molecular formula is C16H16N2O2. The maximum Gasteiger partial charge on any atom is 0.247 e. The summed E-state index contributed by atoms with van der Waals surface area (Å²) in [5.41, 5.74) is 0.867. The highest BCUT2D eigenvalue weighted by atomic mass is 16.2. The van der Waals surface area contributed by atoms with Gasteiger partial charge in [0, 0.05) is 13.1 Å². The van der Waals surface area contributed by atoms with Crippen LogP contribution in [0.15, 0.2) is 36.4 Å². The predicted octanol–water partition coefficient (Wildman–Crippen LogP) is 2.03. The molecule has 0 aliphatic carbocycles. The Morgan fingerprint density at radius 3 is 2.45 bits per heavy atom. The fourth-order valence-electron chi connectivity index (χ4n) is 2.20. The molecule has 2 rings (SSSR count). The number of allylic oxidation sites excluding steroid dienone is 1. The van der Waals surface area contributed by atoms with Gasteiger partial charge in [0.05, 0.1) is 6.07 Å². The van der Waals surface area contributed by atoms with Crippen molar-refractivity contribution < 1.29 is 9.59 Å². The molecule has 102 valence electrons. The lowest BCUT2D eigenvalue weighted by Crippen LogP contribution is -2.36. The van der Waals surface area contributed by atoms with Gasteiger partial charge in [0.25, 0.3) is 0 Å². The van der Waals surface area contributed by atoms with E-state index in [1.807, 2.05) is 36.4 Å². The van der Waals surface area contributed by atoms with Crippen LogP contribution in [0.4, 0.5) is 0 Å². The maximum absolute atomic E-state index is 12.1. The molecule has 0 radical (unpaired) electrons. The Balaban J connectivity index is 2.04. The third-order valence-corrected chi connectivity index (χ3v) is 3.32. The van der Waals surface area contributed by atoms with Gasteiger partial charge in [-0.2, -0.15) is 5.26 Å². The predicted molar refractivity (Wildman–Crippen MR) is 75.4 cm³/mol. The van der Waals surface area contributed by atoms with Gasteiger partial charge in [-0.25, -0.2) is 0 Å². The molecule has 1 aromatic rings. The van der Waals surface area contributed by atoms with Crippen LogP contribution in [-0.2, 0) is 9.59 Å². The fraction of sp³-hybridized carbons (Fsp3) is 0.312. The average molecular weight is 268 g/mol. The quantitative estimate of drug-likeness (QED) is 0.620. The number of nitriles is 1. The molecule has 1 amide bonds. The molecule has 4 heteroatoms. The van der Waals surface area contributed by atoms with Gasteiger partial charge in [-0.05, 0) is 24.5 Å². The Kier molecular flexibility index (Phi) is 4.67. The smallest absolute Gasteiger partial charge is 0.247 e. The normalized spacial score (nSPS) is 16.1. The Morgan fingerprint density at radius 2 is 1.85 bits per heavy atom. The summed E-state index contributed by atoms with van der Waals surface area (Å²) in [6, 6.07) is 11.1. The lowest BCUT2D eigenvalue weighted by molar-refractivity contribution is -0.136. The molecule has 0 spiro atoms. The van der Waals surface area contributed by atoms with Crippen LogP contribution in [0.2, 0.25) is 0 Å². The topological polar surface area (TPSA) is 61.2 Å². The number of carbonyl (C=O) groups is 2. The molecule has 0 bridgehead atoms. The molecule has 4 nitrogen and oxygen atoms in total. The van der Waals surface area contributed by atoms with Gasteiger partial charge in [0.15, 0.2) is 11.7 Å². The Bertz CT molecular complexity index is 552. The molecule has 0 unspecified atom stereocenters. The van der Waals surface area contributed by atoms with Crippen molar-refractivity contribution in [3.8, 4) is 6.07 Å². The Morgan fingerprint density at radius 1 is 1.20 bits per heavy atom. The third kappa shape index (κ3) is 3.33. The van der Waals surface area contributed by atoms with E-state index in [9.17, 15) is 9.59 Å². The second kappa shape index (κ2) is 6.67. The second-order valence-corrected chi connectivity index (χ2v) is 4.74. The fourth-order valence-corrected chi connectivity index (χ4v) is 2.20. The minimum Gasteiger partial charge on any atom is -0.341 e. The van der Waals surface area contributed by atoms with E-state index in [4.69, 9.17) is 5.26 Å². The first kappa shape index (κ1) is 14.0. The van der Waals surface area contributed by atoms with Crippen molar-refractivity contribution in [2.24, 2.45) is 5.92 Å². The van der Waals surface area contributed by atoms with E-state index in [0.717, 1.165) is 18.4 Å². The zero-order valence-electron chi connectivity index (χ0n) is 11.2. The van der Waals surface area contributed by atoms with Crippen molar-refractivity contribution in [1.82, 2.24) is 4.90 Å². The third-order valence-electron chi connectivity index (χ3n) is 3.32. The van der Waals surface area contributed by atoms with Crippen LogP contribution in [0.5, 0.6) is 0 Å². The number of amides is 1. The molecule has 1 saturated heterocycles. The van der Waals surface area contributed by atoms with Crippen molar-refractivity contribution in [1.29, 1.82) is 5.26 Å². The molecule has 1 aliphatic heterocycles. The van der Waals surface area contributed by atoms with Crippen molar-refractivity contribution in [2.75, 3.05) is 13.1 Å². The van der Waals surface area contributed by atoms with E-state index in [0.29, 0.717) is 13.1 Å². The lowest BCUT2D eigenvalue weighted by Gasteiger charge is -2.16.